The Labute approximate surface area is 119 Å². The predicted molar refractivity (Wildman–Crippen MR) is 75.3 cm³/mol. The molecule has 0 saturated heterocycles. The molecule has 0 bridgehead atoms. The van der Waals surface area contributed by atoms with Gasteiger partial charge in [0, 0.05) is 10.5 Å². The third-order valence-electron chi connectivity index (χ3n) is 2.42. The van der Waals surface area contributed by atoms with Gasteiger partial charge in [-0.05, 0) is 29.7 Å². The van der Waals surface area contributed by atoms with Gasteiger partial charge in [-0.3, -0.25) is 0 Å². The van der Waals surface area contributed by atoms with E-state index in [1.54, 1.807) is 6.07 Å². The molecule has 0 aliphatic heterocycles. The Morgan fingerprint density at radius 1 is 1.22 bits per heavy atom. The van der Waals surface area contributed by atoms with Crippen LogP contribution in [0.25, 0.3) is 0 Å². The maximum absolute atomic E-state index is 5.80. The molecule has 0 spiro atoms. The summed E-state index contributed by atoms with van der Waals surface area (Å²) < 4.78 is 6.78. The minimum atomic E-state index is 0.356. The lowest BCUT2D eigenvalue weighted by Gasteiger charge is -2.13. The van der Waals surface area contributed by atoms with Crippen molar-refractivity contribution in [3.05, 3.63) is 45.8 Å². The number of aromatic nitrogens is 2. The Hall–Kier alpha value is -1.13. The Morgan fingerprint density at radius 2 is 2.00 bits per heavy atom. The number of hydrogen-bond acceptors (Lipinski definition) is 3. The highest BCUT2D eigenvalue weighted by atomic mass is 79.9. The molecule has 1 heterocycles. The van der Waals surface area contributed by atoms with Crippen LogP contribution in [0.15, 0.2) is 35.1 Å². The molecule has 1 aromatic carbocycles. The van der Waals surface area contributed by atoms with Crippen LogP contribution in [0.4, 0.5) is 0 Å². The largest absolute Gasteiger partial charge is 0.439 e. The molecule has 0 atom stereocenters. The van der Waals surface area contributed by atoms with Crippen LogP contribution >= 0.6 is 27.5 Å². The minimum absolute atomic E-state index is 0.356. The van der Waals surface area contributed by atoms with Crippen LogP contribution < -0.4 is 4.74 Å². The van der Waals surface area contributed by atoms with E-state index in [1.165, 1.54) is 6.33 Å². The van der Waals surface area contributed by atoms with E-state index < -0.39 is 0 Å². The highest BCUT2D eigenvalue weighted by Gasteiger charge is 2.10. The first-order valence-corrected chi connectivity index (χ1v) is 6.68. The normalized spacial score (nSPS) is 10.7. The van der Waals surface area contributed by atoms with Crippen molar-refractivity contribution in [2.24, 2.45) is 0 Å². The summed E-state index contributed by atoms with van der Waals surface area (Å²) in [4.78, 5) is 7.85. The fraction of sp³-hybridized carbons (Fsp3) is 0.231. The van der Waals surface area contributed by atoms with Gasteiger partial charge in [-0.2, -0.15) is 0 Å². The van der Waals surface area contributed by atoms with Gasteiger partial charge in [0.25, 0.3) is 0 Å². The quantitative estimate of drug-likeness (QED) is 0.759. The molecule has 0 unspecified atom stereocenters. The number of halogens is 2. The second kappa shape index (κ2) is 5.67. The zero-order valence-electron chi connectivity index (χ0n) is 10.0. The molecule has 2 aromatic rings. The second-order valence-electron chi connectivity index (χ2n) is 4.12. The Kier molecular flexibility index (Phi) is 4.19. The first kappa shape index (κ1) is 13.3. The zero-order valence-corrected chi connectivity index (χ0v) is 12.4. The first-order chi connectivity index (χ1) is 8.56. The van der Waals surface area contributed by atoms with Gasteiger partial charge >= 0.3 is 0 Å². The van der Waals surface area contributed by atoms with E-state index in [0.717, 1.165) is 15.8 Å². The Morgan fingerprint density at radius 3 is 2.67 bits per heavy atom. The van der Waals surface area contributed by atoms with Gasteiger partial charge in [-0.15, -0.1) is 0 Å². The average Bonchev–Trinajstić information content (AvgIpc) is 2.31. The highest BCUT2D eigenvalue weighted by Crippen LogP contribution is 2.32. The molecule has 3 nitrogen and oxygen atoms in total. The van der Waals surface area contributed by atoms with Crippen LogP contribution in [0, 0.1) is 0 Å². The standard InChI is InChI=1S/C13H12BrClN2O/c1-8(2)10-5-9(14)3-4-11(10)18-13-6-12(15)16-7-17-13/h3-8H,1-2H3. The van der Waals surface area contributed by atoms with E-state index >= 15 is 0 Å². The van der Waals surface area contributed by atoms with Crippen LogP contribution in [-0.4, -0.2) is 9.97 Å². The summed E-state index contributed by atoms with van der Waals surface area (Å²) in [6, 6.07) is 7.48. The van der Waals surface area contributed by atoms with Crippen molar-refractivity contribution >= 4 is 27.5 Å². The summed E-state index contributed by atoms with van der Waals surface area (Å²) in [6.07, 6.45) is 1.38. The fourth-order valence-electron chi connectivity index (χ4n) is 1.55. The molecule has 0 aliphatic rings. The molecule has 94 valence electrons. The van der Waals surface area contributed by atoms with Crippen molar-refractivity contribution in [3.63, 3.8) is 0 Å². The summed E-state index contributed by atoms with van der Waals surface area (Å²) in [7, 11) is 0. The molecule has 0 fully saturated rings. The van der Waals surface area contributed by atoms with Gasteiger partial charge in [0.2, 0.25) is 5.88 Å². The molecule has 0 N–H and O–H groups in total. The third-order valence-corrected chi connectivity index (χ3v) is 3.12. The lowest BCUT2D eigenvalue weighted by molar-refractivity contribution is 0.453. The molecule has 5 heteroatoms. The van der Waals surface area contributed by atoms with Crippen molar-refractivity contribution in [1.82, 2.24) is 9.97 Å². The number of benzene rings is 1. The molecular formula is C13H12BrClN2O. The van der Waals surface area contributed by atoms with E-state index in [1.807, 2.05) is 18.2 Å². The summed E-state index contributed by atoms with van der Waals surface area (Å²) in [5, 5.41) is 0.364. The van der Waals surface area contributed by atoms with Crippen LogP contribution in [0.5, 0.6) is 11.6 Å². The van der Waals surface area contributed by atoms with Gasteiger partial charge < -0.3 is 4.74 Å². The van der Waals surface area contributed by atoms with Crippen molar-refractivity contribution < 1.29 is 4.74 Å². The fourth-order valence-corrected chi connectivity index (χ4v) is 2.07. The monoisotopic (exact) mass is 326 g/mol. The van der Waals surface area contributed by atoms with Crippen molar-refractivity contribution in [3.8, 4) is 11.6 Å². The van der Waals surface area contributed by atoms with E-state index in [9.17, 15) is 0 Å². The summed E-state index contributed by atoms with van der Waals surface area (Å²) in [5.41, 5.74) is 1.11. The van der Waals surface area contributed by atoms with Crippen LogP contribution in [-0.2, 0) is 0 Å². The molecule has 0 amide bonds. The van der Waals surface area contributed by atoms with E-state index in [-0.39, 0.29) is 0 Å². The lowest BCUT2D eigenvalue weighted by Crippen LogP contribution is -1.95. The number of rotatable bonds is 3. The summed E-state index contributed by atoms with van der Waals surface area (Å²) >= 11 is 9.26. The predicted octanol–water partition coefficient (Wildman–Crippen LogP) is 4.81. The molecule has 1 aromatic heterocycles. The van der Waals surface area contributed by atoms with Gasteiger partial charge in [-0.25, -0.2) is 9.97 Å². The summed E-state index contributed by atoms with van der Waals surface area (Å²) in [6.45, 7) is 4.23. The second-order valence-corrected chi connectivity index (χ2v) is 5.42. The maximum Gasteiger partial charge on any atom is 0.223 e. The third kappa shape index (κ3) is 3.21. The van der Waals surface area contributed by atoms with Gasteiger partial charge in [0.1, 0.15) is 17.2 Å². The van der Waals surface area contributed by atoms with Crippen LogP contribution in [0.1, 0.15) is 25.3 Å². The highest BCUT2D eigenvalue weighted by molar-refractivity contribution is 9.10. The van der Waals surface area contributed by atoms with Gasteiger partial charge in [-0.1, -0.05) is 41.4 Å². The lowest BCUT2D eigenvalue weighted by atomic mass is 10.0. The maximum atomic E-state index is 5.80. The van der Waals surface area contributed by atoms with E-state index in [4.69, 9.17) is 16.3 Å². The van der Waals surface area contributed by atoms with Crippen LogP contribution in [0.3, 0.4) is 0 Å². The zero-order chi connectivity index (χ0) is 13.1. The topological polar surface area (TPSA) is 35.0 Å². The Bertz CT molecular complexity index is 560. The Balaban J connectivity index is 2.34. The first-order valence-electron chi connectivity index (χ1n) is 5.51. The smallest absolute Gasteiger partial charge is 0.223 e. The SMILES string of the molecule is CC(C)c1cc(Br)ccc1Oc1cc(Cl)ncn1. The molecule has 0 radical (unpaired) electrons. The van der Waals surface area contributed by atoms with Crippen molar-refractivity contribution in [2.45, 2.75) is 19.8 Å². The summed E-state index contributed by atoms with van der Waals surface area (Å²) in [5.74, 6) is 1.58. The minimum Gasteiger partial charge on any atom is -0.439 e. The number of ether oxygens (including phenoxy) is 1. The molecule has 18 heavy (non-hydrogen) atoms. The molecular weight excluding hydrogens is 316 g/mol. The number of nitrogens with zero attached hydrogens (tertiary/aromatic N) is 2. The van der Waals surface area contributed by atoms with Gasteiger partial charge in [0.05, 0.1) is 0 Å². The average molecular weight is 328 g/mol. The van der Waals surface area contributed by atoms with E-state index in [2.05, 4.69) is 39.7 Å². The molecule has 0 aliphatic carbocycles. The molecule has 2 rings (SSSR count). The number of hydrogen-bond donors (Lipinski definition) is 0. The van der Waals surface area contributed by atoms with Crippen molar-refractivity contribution in [2.75, 3.05) is 0 Å². The van der Waals surface area contributed by atoms with Gasteiger partial charge in [0.15, 0.2) is 0 Å². The van der Waals surface area contributed by atoms with Crippen LogP contribution in [0.2, 0.25) is 5.15 Å². The van der Waals surface area contributed by atoms with Crippen molar-refractivity contribution in [1.29, 1.82) is 0 Å². The van der Waals surface area contributed by atoms with E-state index in [0.29, 0.717) is 17.0 Å². The molecule has 0 saturated carbocycles.